The van der Waals surface area contributed by atoms with Crippen LogP contribution in [0.5, 0.6) is 0 Å². The molecule has 1 aromatic carbocycles. The van der Waals surface area contributed by atoms with Gasteiger partial charge in [-0.15, -0.1) is 6.58 Å². The highest BCUT2D eigenvalue weighted by Crippen LogP contribution is 2.20. The van der Waals surface area contributed by atoms with Crippen LogP contribution in [0, 0.1) is 0 Å². The second-order valence-electron chi connectivity index (χ2n) is 15.1. The van der Waals surface area contributed by atoms with Gasteiger partial charge in [-0.3, -0.25) is 24.4 Å². The molecular weight excluding hydrogens is 949 g/mol. The lowest BCUT2D eigenvalue weighted by molar-refractivity contribution is -0.131. The average Bonchev–Trinajstić information content (AvgIpc) is 3.28. The lowest BCUT2D eigenvalue weighted by Crippen LogP contribution is -2.37. The lowest BCUT2D eigenvalue weighted by Gasteiger charge is -2.22. The van der Waals surface area contributed by atoms with Crippen LogP contribution in [0.1, 0.15) is 62.5 Å². The predicted octanol–water partition coefficient (Wildman–Crippen LogP) is 4.40. The summed E-state index contributed by atoms with van der Waals surface area (Å²) in [5.41, 5.74) is 35.8. The zero-order chi connectivity index (χ0) is 48.5. The van der Waals surface area contributed by atoms with Gasteiger partial charge in [-0.25, -0.2) is 0 Å². The fraction of sp³-hybridized carbons (Fsp3) is 0.667. The van der Waals surface area contributed by atoms with Gasteiger partial charge < -0.3 is 54.4 Å². The van der Waals surface area contributed by atoms with Crippen LogP contribution in [-0.4, -0.2) is 167 Å². The van der Waals surface area contributed by atoms with Gasteiger partial charge in [0, 0.05) is 93.8 Å². The molecule has 0 saturated heterocycles. The third-order valence-electron chi connectivity index (χ3n) is 9.46. The number of nitrogens with two attached hydrogens (primary N) is 6. The van der Waals surface area contributed by atoms with Gasteiger partial charge in [0.2, 0.25) is 17.7 Å². The minimum absolute atomic E-state index is 0.0300. The number of thioether (sulfide) groups is 6. The van der Waals surface area contributed by atoms with E-state index >= 15 is 0 Å². The van der Waals surface area contributed by atoms with Gasteiger partial charge >= 0.3 is 0 Å². The maximum Gasteiger partial charge on any atom is 0.223 e. The van der Waals surface area contributed by atoms with Gasteiger partial charge in [0.25, 0.3) is 0 Å². The molecule has 1 aromatic rings. The fourth-order valence-corrected chi connectivity index (χ4v) is 11.8. The van der Waals surface area contributed by atoms with E-state index in [4.69, 9.17) is 34.4 Å². The maximum absolute atomic E-state index is 13.3. The van der Waals surface area contributed by atoms with Crippen molar-refractivity contribution in [3.05, 3.63) is 60.4 Å². The number of carbonyl (C=O) groups is 3. The van der Waals surface area contributed by atoms with Crippen molar-refractivity contribution in [1.29, 1.82) is 0 Å². The maximum atomic E-state index is 13.3. The summed E-state index contributed by atoms with van der Waals surface area (Å²) >= 11 is 11.1. The summed E-state index contributed by atoms with van der Waals surface area (Å²) in [6, 6.07) is 8.66. The van der Waals surface area contributed by atoms with Gasteiger partial charge in [0.05, 0.1) is 18.9 Å². The second-order valence-corrected chi connectivity index (χ2v) is 22.2. The molecule has 0 fully saturated rings. The summed E-state index contributed by atoms with van der Waals surface area (Å²) in [4.78, 5) is 52.8. The summed E-state index contributed by atoms with van der Waals surface area (Å²) in [5.74, 6) is 12.2. The number of carbonyl (C=O) groups excluding carboxylic acids is 3. The molecule has 0 aromatic heterocycles. The summed E-state index contributed by atoms with van der Waals surface area (Å²) in [6.45, 7) is 12.9. The van der Waals surface area contributed by atoms with Crippen LogP contribution in [0.25, 0.3) is 0 Å². The Bertz CT molecular complexity index is 1540. The Kier molecular flexibility index (Phi) is 39.4. The van der Waals surface area contributed by atoms with Crippen molar-refractivity contribution in [2.75, 3.05) is 123 Å². The van der Waals surface area contributed by atoms with Crippen LogP contribution in [0.3, 0.4) is 0 Å². The molecule has 1 rings (SSSR count). The first-order chi connectivity index (χ1) is 32.0. The molecule has 0 aliphatic heterocycles. The topological polar surface area (TPSA) is 254 Å². The average molecular weight is 1030 g/mol. The molecule has 0 unspecified atom stereocenters. The highest BCUT2D eigenvalue weighted by molar-refractivity contribution is 8.00. The molecule has 0 bridgehead atoms. The summed E-state index contributed by atoms with van der Waals surface area (Å²) in [7, 11) is 0. The Labute approximate surface area is 422 Å². The van der Waals surface area contributed by atoms with E-state index in [9.17, 15) is 14.4 Å². The van der Waals surface area contributed by atoms with Crippen molar-refractivity contribution in [2.24, 2.45) is 44.4 Å². The van der Waals surface area contributed by atoms with Crippen molar-refractivity contribution in [1.82, 2.24) is 20.0 Å². The highest BCUT2D eigenvalue weighted by atomic mass is 32.2. The van der Waals surface area contributed by atoms with Crippen molar-refractivity contribution < 1.29 is 14.4 Å². The number of hydrogen-bond acceptors (Lipinski definition) is 14. The van der Waals surface area contributed by atoms with E-state index in [1.54, 1.807) is 34.5 Å². The van der Waals surface area contributed by atoms with Crippen LogP contribution in [0.4, 0.5) is 0 Å². The van der Waals surface area contributed by atoms with Crippen LogP contribution >= 0.6 is 70.6 Å². The number of guanidine groups is 2. The monoisotopic (exact) mass is 1030 g/mol. The minimum atomic E-state index is 0.0300. The van der Waals surface area contributed by atoms with Crippen LogP contribution in [-0.2, 0) is 25.9 Å². The van der Waals surface area contributed by atoms with E-state index in [1.807, 2.05) is 56.8 Å². The van der Waals surface area contributed by atoms with Crippen LogP contribution in [0.2, 0.25) is 0 Å². The second kappa shape index (κ2) is 42.4. The lowest BCUT2D eigenvalue weighted by atomic mass is 10.2. The number of nitrogens with one attached hydrogen (secondary N) is 1. The number of rotatable bonds is 44. The molecular formula is C45H82N12O3S6. The molecule has 0 atom stereocenters. The third-order valence-corrected chi connectivity index (χ3v) is 16.1. The number of amides is 3. The number of hydrogen-bond donors (Lipinski definition) is 7. The largest absolute Gasteiger partial charge is 0.386 e. The van der Waals surface area contributed by atoms with Crippen LogP contribution in [0.15, 0.2) is 59.3 Å². The molecule has 0 spiro atoms. The van der Waals surface area contributed by atoms with E-state index < -0.39 is 0 Å². The molecule has 0 radical (unpaired) electrons. The zero-order valence-corrected chi connectivity index (χ0v) is 44.3. The normalized spacial score (nSPS) is 10.9. The van der Waals surface area contributed by atoms with Crippen molar-refractivity contribution >= 4 is 100 Å². The molecule has 376 valence electrons. The summed E-state index contributed by atoms with van der Waals surface area (Å²) < 4.78 is 0. The van der Waals surface area contributed by atoms with Gasteiger partial charge in [-0.05, 0) is 90.0 Å². The number of nitrogens with zero attached hydrogens (tertiary/aromatic N) is 5. The SMILES string of the molecule is C=CCN(CCNC(=C)N)C(=O)CCSCCCSCCCN(CCN=C(N)N)C(=O)CCSCc1cccc(CSCCCN(CCN=C(N)N)C(=O)CCSCCCSCCCN)c1. The first-order valence-corrected chi connectivity index (χ1v) is 29.9. The smallest absolute Gasteiger partial charge is 0.223 e. The van der Waals surface area contributed by atoms with E-state index in [1.165, 1.54) is 11.1 Å². The number of benzene rings is 1. The standard InChI is InChI=1S/C45H82N12O3S6/c1-3-19-55(22-16-52-38(2)47)41(58)12-32-63-31-9-29-62-26-6-20-56(23-17-53-44(48)49)43(60)14-34-66-37-40-11-4-10-39(35-40)36-65-27-7-21-57(24-18-54-45(50)51)42(59)13-33-64-30-8-28-61-25-5-15-46/h3-4,10-11,35,52H,1-2,5-9,12-34,36-37,46-47H2,(H4,48,49,53)(H4,50,51,54). The molecule has 66 heavy (non-hydrogen) atoms. The Morgan fingerprint density at radius 3 is 1.47 bits per heavy atom. The minimum Gasteiger partial charge on any atom is -0.386 e. The molecule has 0 saturated carbocycles. The molecule has 0 heterocycles. The molecule has 0 aliphatic carbocycles. The third kappa shape index (κ3) is 35.5. The fourth-order valence-electron chi connectivity index (χ4n) is 6.12. The Hall–Kier alpha value is -2.69. The quantitative estimate of drug-likeness (QED) is 0.0207. The van der Waals surface area contributed by atoms with Crippen molar-refractivity contribution in [2.45, 2.75) is 62.9 Å². The number of aliphatic imine (C=N–C) groups is 2. The Balaban J connectivity index is 2.40. The first kappa shape index (κ1) is 61.3. The van der Waals surface area contributed by atoms with Gasteiger partial charge in [-0.2, -0.15) is 70.6 Å². The van der Waals surface area contributed by atoms with Crippen molar-refractivity contribution in [3.63, 3.8) is 0 Å². The Morgan fingerprint density at radius 1 is 0.576 bits per heavy atom. The molecule has 15 nitrogen and oxygen atoms in total. The Morgan fingerprint density at radius 2 is 1.00 bits per heavy atom. The first-order valence-electron chi connectivity index (χ1n) is 22.9. The van der Waals surface area contributed by atoms with E-state index in [0.29, 0.717) is 84.0 Å². The van der Waals surface area contributed by atoms with Crippen molar-refractivity contribution in [3.8, 4) is 0 Å². The molecule has 0 aliphatic rings. The molecule has 3 amide bonds. The van der Waals surface area contributed by atoms with Gasteiger partial charge in [0.15, 0.2) is 11.9 Å². The van der Waals surface area contributed by atoms with E-state index in [-0.39, 0.29) is 29.6 Å². The van der Waals surface area contributed by atoms with Crippen LogP contribution < -0.4 is 39.7 Å². The molecule has 21 heteroatoms. The van der Waals surface area contributed by atoms with Gasteiger partial charge in [0.1, 0.15) is 0 Å². The van der Waals surface area contributed by atoms with E-state index in [0.717, 1.165) is 108 Å². The highest BCUT2D eigenvalue weighted by Gasteiger charge is 2.15. The van der Waals surface area contributed by atoms with Gasteiger partial charge in [-0.1, -0.05) is 36.9 Å². The van der Waals surface area contributed by atoms with E-state index in [2.05, 4.69) is 52.7 Å². The predicted molar refractivity (Wildman–Crippen MR) is 297 cm³/mol. The zero-order valence-electron chi connectivity index (χ0n) is 39.4. The summed E-state index contributed by atoms with van der Waals surface area (Å²) in [6.07, 6.45) is 8.29. The molecule has 13 N–H and O–H groups in total. The summed E-state index contributed by atoms with van der Waals surface area (Å²) in [5, 5.41) is 2.96.